The van der Waals surface area contributed by atoms with Crippen LogP contribution in [-0.2, 0) is 9.59 Å². The van der Waals surface area contributed by atoms with Crippen LogP contribution in [-0.4, -0.2) is 41.9 Å². The Morgan fingerprint density at radius 2 is 1.78 bits per heavy atom. The number of fused-ring (bicyclic) bond motifs is 1. The molecule has 1 saturated heterocycles. The molecule has 5 nitrogen and oxygen atoms in total. The number of anilines is 2. The third kappa shape index (κ3) is 3.11. The molecular weight excluding hydrogens is 290 g/mol. The number of rotatable bonds is 2. The first-order chi connectivity index (χ1) is 11.0. The zero-order valence-electron chi connectivity index (χ0n) is 14.0. The van der Waals surface area contributed by atoms with Crippen LogP contribution in [0.25, 0.3) is 0 Å². The van der Waals surface area contributed by atoms with E-state index in [4.69, 9.17) is 0 Å². The minimum absolute atomic E-state index is 0.000741. The lowest BCUT2D eigenvalue weighted by molar-refractivity contribution is -0.127. The fraction of sp³-hybridized carbons (Fsp3) is 0.556. The maximum absolute atomic E-state index is 13.0. The number of likely N-dealkylation sites (tertiary alicyclic amines) is 1. The second-order valence-electron chi connectivity index (χ2n) is 6.95. The molecule has 0 aromatic heterocycles. The minimum atomic E-state index is -0.878. The van der Waals surface area contributed by atoms with Gasteiger partial charge in [-0.15, -0.1) is 0 Å². The van der Waals surface area contributed by atoms with Crippen molar-refractivity contribution in [1.29, 1.82) is 0 Å². The summed E-state index contributed by atoms with van der Waals surface area (Å²) in [5, 5.41) is 2.90. The van der Waals surface area contributed by atoms with E-state index in [1.54, 1.807) is 18.7 Å². The molecule has 1 aromatic carbocycles. The van der Waals surface area contributed by atoms with Crippen molar-refractivity contribution in [3.8, 4) is 0 Å². The average Bonchev–Trinajstić information content (AvgIpc) is 2.76. The summed E-state index contributed by atoms with van der Waals surface area (Å²) in [6.07, 6.45) is 4.78. The van der Waals surface area contributed by atoms with Crippen LogP contribution in [0.1, 0.15) is 39.5 Å². The van der Waals surface area contributed by atoms with Gasteiger partial charge in [0.15, 0.2) is 0 Å². The van der Waals surface area contributed by atoms with Crippen molar-refractivity contribution in [3.05, 3.63) is 24.3 Å². The molecule has 0 saturated carbocycles. The zero-order valence-corrected chi connectivity index (χ0v) is 14.0. The van der Waals surface area contributed by atoms with Crippen molar-refractivity contribution in [2.75, 3.05) is 29.9 Å². The van der Waals surface area contributed by atoms with E-state index in [-0.39, 0.29) is 11.8 Å². The van der Waals surface area contributed by atoms with Crippen molar-refractivity contribution in [3.63, 3.8) is 0 Å². The molecule has 2 amide bonds. The molecule has 0 radical (unpaired) electrons. The summed E-state index contributed by atoms with van der Waals surface area (Å²) in [6, 6.07) is 7.51. The van der Waals surface area contributed by atoms with Gasteiger partial charge in [0.1, 0.15) is 5.54 Å². The van der Waals surface area contributed by atoms with Gasteiger partial charge in [0.05, 0.1) is 17.9 Å². The highest BCUT2D eigenvalue weighted by Gasteiger charge is 2.43. The lowest BCUT2D eigenvalue weighted by Crippen LogP contribution is -2.60. The minimum Gasteiger partial charge on any atom is -0.322 e. The zero-order chi connectivity index (χ0) is 16.4. The molecule has 0 aliphatic carbocycles. The number of carbonyl (C=O) groups is 2. The Morgan fingerprint density at radius 3 is 2.48 bits per heavy atom. The molecule has 1 N–H and O–H groups in total. The van der Waals surface area contributed by atoms with Crippen LogP contribution in [0.15, 0.2) is 24.3 Å². The molecule has 124 valence electrons. The fourth-order valence-electron chi connectivity index (χ4n) is 3.45. The number of hydrogen-bond donors (Lipinski definition) is 1. The molecule has 5 heteroatoms. The largest absolute Gasteiger partial charge is 0.322 e. The van der Waals surface area contributed by atoms with Crippen LogP contribution in [0.4, 0.5) is 11.4 Å². The smallest absolute Gasteiger partial charge is 0.250 e. The highest BCUT2D eigenvalue weighted by Crippen LogP contribution is 2.36. The Hall–Kier alpha value is -1.88. The molecule has 3 rings (SSSR count). The standard InChI is InChI=1S/C18H25N3O2/c1-18(2)17(23)19-14-9-5-6-10-15(14)21(18)16(22)13-20-11-7-3-4-8-12-20/h5-6,9-10H,3-4,7-8,11-13H2,1-2H3,(H,19,23). The summed E-state index contributed by atoms with van der Waals surface area (Å²) in [5.41, 5.74) is 0.620. The molecule has 2 aliphatic heterocycles. The van der Waals surface area contributed by atoms with E-state index in [9.17, 15) is 9.59 Å². The molecule has 1 fully saturated rings. The van der Waals surface area contributed by atoms with E-state index < -0.39 is 5.54 Å². The van der Waals surface area contributed by atoms with Crippen molar-refractivity contribution in [2.45, 2.75) is 45.1 Å². The normalized spacial score (nSPS) is 21.3. The van der Waals surface area contributed by atoms with Crippen molar-refractivity contribution in [1.82, 2.24) is 4.90 Å². The van der Waals surface area contributed by atoms with Crippen LogP contribution in [0, 0.1) is 0 Å². The Balaban J connectivity index is 1.86. The first-order valence-corrected chi connectivity index (χ1v) is 8.46. The van der Waals surface area contributed by atoms with Gasteiger partial charge < -0.3 is 5.32 Å². The second kappa shape index (κ2) is 6.32. The van der Waals surface area contributed by atoms with Crippen molar-refractivity contribution >= 4 is 23.2 Å². The number of carbonyl (C=O) groups excluding carboxylic acids is 2. The predicted octanol–water partition coefficient (Wildman–Crippen LogP) is 2.63. The van der Waals surface area contributed by atoms with E-state index in [1.807, 2.05) is 24.3 Å². The first-order valence-electron chi connectivity index (χ1n) is 8.46. The summed E-state index contributed by atoms with van der Waals surface area (Å²) in [6.45, 7) is 5.92. The van der Waals surface area contributed by atoms with Gasteiger partial charge in [0.25, 0.3) is 0 Å². The first kappa shape index (κ1) is 16.0. The van der Waals surface area contributed by atoms with E-state index in [2.05, 4.69) is 10.2 Å². The fourth-order valence-corrected chi connectivity index (χ4v) is 3.45. The quantitative estimate of drug-likeness (QED) is 0.913. The number of benzene rings is 1. The summed E-state index contributed by atoms with van der Waals surface area (Å²) in [4.78, 5) is 29.3. The Morgan fingerprint density at radius 1 is 1.13 bits per heavy atom. The molecule has 0 atom stereocenters. The molecule has 0 spiro atoms. The van der Waals surface area contributed by atoms with Gasteiger partial charge in [-0.1, -0.05) is 25.0 Å². The monoisotopic (exact) mass is 315 g/mol. The van der Waals surface area contributed by atoms with E-state index in [0.717, 1.165) is 31.6 Å². The van der Waals surface area contributed by atoms with Gasteiger partial charge in [-0.25, -0.2) is 0 Å². The summed E-state index contributed by atoms with van der Waals surface area (Å²) in [7, 11) is 0. The van der Waals surface area contributed by atoms with E-state index in [0.29, 0.717) is 12.2 Å². The highest BCUT2D eigenvalue weighted by molar-refractivity contribution is 6.14. The van der Waals surface area contributed by atoms with Gasteiger partial charge in [0.2, 0.25) is 11.8 Å². The highest BCUT2D eigenvalue weighted by atomic mass is 16.2. The third-order valence-corrected chi connectivity index (χ3v) is 4.81. The van der Waals surface area contributed by atoms with Gasteiger partial charge in [0, 0.05) is 0 Å². The second-order valence-corrected chi connectivity index (χ2v) is 6.95. The van der Waals surface area contributed by atoms with Gasteiger partial charge >= 0.3 is 0 Å². The van der Waals surface area contributed by atoms with E-state index in [1.165, 1.54) is 12.8 Å². The van der Waals surface area contributed by atoms with Gasteiger partial charge in [-0.2, -0.15) is 0 Å². The topological polar surface area (TPSA) is 52.7 Å². The molecule has 2 aliphatic rings. The molecule has 0 bridgehead atoms. The Kier molecular flexibility index (Phi) is 4.39. The molecule has 0 unspecified atom stereocenters. The van der Waals surface area contributed by atoms with Crippen LogP contribution in [0.5, 0.6) is 0 Å². The van der Waals surface area contributed by atoms with Crippen molar-refractivity contribution < 1.29 is 9.59 Å². The predicted molar refractivity (Wildman–Crippen MR) is 91.5 cm³/mol. The number of nitrogens with zero attached hydrogens (tertiary/aromatic N) is 2. The summed E-state index contributed by atoms with van der Waals surface area (Å²) in [5.74, 6) is -0.139. The number of amides is 2. The van der Waals surface area contributed by atoms with Crippen LogP contribution in [0.2, 0.25) is 0 Å². The number of para-hydroxylation sites is 2. The summed E-state index contributed by atoms with van der Waals surface area (Å²) < 4.78 is 0. The van der Waals surface area contributed by atoms with Crippen molar-refractivity contribution in [2.24, 2.45) is 0 Å². The Bertz CT molecular complexity index is 604. The molecular formula is C18H25N3O2. The maximum atomic E-state index is 13.0. The average molecular weight is 315 g/mol. The molecule has 1 aromatic rings. The number of nitrogens with one attached hydrogen (secondary N) is 1. The molecule has 23 heavy (non-hydrogen) atoms. The lowest BCUT2D eigenvalue weighted by Gasteiger charge is -2.42. The Labute approximate surface area is 137 Å². The van der Waals surface area contributed by atoms with Crippen LogP contribution < -0.4 is 10.2 Å². The summed E-state index contributed by atoms with van der Waals surface area (Å²) >= 11 is 0. The SMILES string of the molecule is CC1(C)C(=O)Nc2ccccc2N1C(=O)CN1CCCCCC1. The number of hydrogen-bond acceptors (Lipinski definition) is 3. The van der Waals surface area contributed by atoms with Gasteiger partial charge in [-0.05, 0) is 51.9 Å². The lowest BCUT2D eigenvalue weighted by atomic mass is 9.96. The van der Waals surface area contributed by atoms with Crippen LogP contribution >= 0.6 is 0 Å². The third-order valence-electron chi connectivity index (χ3n) is 4.81. The van der Waals surface area contributed by atoms with Gasteiger partial charge in [-0.3, -0.25) is 19.4 Å². The maximum Gasteiger partial charge on any atom is 0.250 e. The van der Waals surface area contributed by atoms with E-state index >= 15 is 0 Å². The molecule has 2 heterocycles. The van der Waals surface area contributed by atoms with Crippen LogP contribution in [0.3, 0.4) is 0 Å².